The van der Waals surface area contributed by atoms with Gasteiger partial charge in [0.1, 0.15) is 10.2 Å². The van der Waals surface area contributed by atoms with Crippen LogP contribution in [0.2, 0.25) is 0 Å². The van der Waals surface area contributed by atoms with Crippen molar-refractivity contribution in [3.8, 4) is 5.75 Å². The summed E-state index contributed by atoms with van der Waals surface area (Å²) in [4.78, 5) is 22.0. The minimum atomic E-state index is -0.667. The van der Waals surface area contributed by atoms with E-state index in [1.54, 1.807) is 24.3 Å². The number of rotatable bonds is 4. The number of halogens is 1. The molecule has 2 aromatic rings. The number of nitrogens with one attached hydrogen (secondary N) is 2. The molecule has 0 saturated heterocycles. The zero-order valence-electron chi connectivity index (χ0n) is 10.2. The predicted molar refractivity (Wildman–Crippen MR) is 73.9 cm³/mol. The number of nitro groups is 1. The van der Waals surface area contributed by atoms with E-state index in [9.17, 15) is 14.9 Å². The maximum absolute atomic E-state index is 12.0. The third kappa shape index (κ3) is 2.77. The topological polar surface area (TPSA) is 110 Å². The summed E-state index contributed by atoms with van der Waals surface area (Å²) in [6.45, 7) is 0. The Morgan fingerprint density at radius 2 is 2.30 bits per heavy atom. The lowest BCUT2D eigenvalue weighted by atomic mass is 10.3. The van der Waals surface area contributed by atoms with Crippen LogP contribution in [0.4, 0.5) is 11.5 Å². The van der Waals surface area contributed by atoms with E-state index >= 15 is 0 Å². The number of benzene rings is 1. The van der Waals surface area contributed by atoms with Crippen LogP contribution in [0.3, 0.4) is 0 Å². The first-order valence-electron chi connectivity index (χ1n) is 5.36. The Labute approximate surface area is 121 Å². The number of hydrogen-bond acceptors (Lipinski definition) is 5. The molecule has 8 nitrogen and oxygen atoms in total. The molecule has 1 amide bonds. The Morgan fingerprint density at radius 3 is 2.90 bits per heavy atom. The molecule has 0 unspecified atom stereocenters. The molecular formula is C11H9BrN4O4. The summed E-state index contributed by atoms with van der Waals surface area (Å²) in [6.07, 6.45) is 0. The van der Waals surface area contributed by atoms with Gasteiger partial charge in [-0.25, -0.2) is 0 Å². The largest absolute Gasteiger partial charge is 0.497 e. The van der Waals surface area contributed by atoms with Crippen LogP contribution >= 0.6 is 15.9 Å². The Hall–Kier alpha value is -2.42. The van der Waals surface area contributed by atoms with Crippen LogP contribution in [-0.4, -0.2) is 28.1 Å². The standard InChI is InChI=1S/C11H9BrN4O4/c1-20-7-4-2-3-6(5-7)13-11(17)9-8(12)10(15-14-9)16(18)19/h2-5H,1H3,(H,13,17)(H,14,15). The Morgan fingerprint density at radius 1 is 1.55 bits per heavy atom. The van der Waals surface area contributed by atoms with Crippen molar-refractivity contribution in [1.82, 2.24) is 10.2 Å². The lowest BCUT2D eigenvalue weighted by Gasteiger charge is -2.05. The van der Waals surface area contributed by atoms with Crippen LogP contribution in [0, 0.1) is 10.1 Å². The lowest BCUT2D eigenvalue weighted by Crippen LogP contribution is -2.13. The van der Waals surface area contributed by atoms with E-state index < -0.39 is 10.8 Å². The highest BCUT2D eigenvalue weighted by atomic mass is 79.9. The molecule has 0 aliphatic heterocycles. The summed E-state index contributed by atoms with van der Waals surface area (Å²) in [5, 5.41) is 19.0. The van der Waals surface area contributed by atoms with E-state index in [1.165, 1.54) is 7.11 Å². The summed E-state index contributed by atoms with van der Waals surface area (Å²) >= 11 is 2.97. The second-order valence-corrected chi connectivity index (χ2v) is 4.47. The molecule has 0 aliphatic carbocycles. The SMILES string of the molecule is COc1cccc(NC(=O)c2n[nH]c([N+](=O)[O-])c2Br)c1. The monoisotopic (exact) mass is 340 g/mol. The van der Waals surface area contributed by atoms with E-state index in [4.69, 9.17) is 4.74 Å². The van der Waals surface area contributed by atoms with Crippen LogP contribution < -0.4 is 10.1 Å². The van der Waals surface area contributed by atoms with Gasteiger partial charge in [-0.1, -0.05) is 11.2 Å². The van der Waals surface area contributed by atoms with Gasteiger partial charge < -0.3 is 20.2 Å². The van der Waals surface area contributed by atoms with Crippen LogP contribution in [0.15, 0.2) is 28.7 Å². The normalized spacial score (nSPS) is 10.1. The van der Waals surface area contributed by atoms with Gasteiger partial charge in [-0.3, -0.25) is 4.79 Å². The quantitative estimate of drug-likeness (QED) is 0.655. The fourth-order valence-corrected chi connectivity index (χ4v) is 1.98. The molecule has 0 fully saturated rings. The Kier molecular flexibility index (Phi) is 3.99. The van der Waals surface area contributed by atoms with Crippen LogP contribution in [-0.2, 0) is 0 Å². The summed E-state index contributed by atoms with van der Waals surface area (Å²) in [7, 11) is 1.51. The van der Waals surface area contributed by atoms with Crippen molar-refractivity contribution in [2.75, 3.05) is 12.4 Å². The average Bonchev–Trinajstić information content (AvgIpc) is 2.81. The van der Waals surface area contributed by atoms with Crippen LogP contribution in [0.25, 0.3) is 0 Å². The number of anilines is 1. The third-order valence-electron chi connectivity index (χ3n) is 2.41. The van der Waals surface area contributed by atoms with Crippen molar-refractivity contribution < 1.29 is 14.5 Å². The van der Waals surface area contributed by atoms with Crippen molar-refractivity contribution >= 4 is 33.3 Å². The molecule has 0 saturated carbocycles. The van der Waals surface area contributed by atoms with Crippen molar-refractivity contribution in [2.45, 2.75) is 0 Å². The highest BCUT2D eigenvalue weighted by molar-refractivity contribution is 9.10. The molecule has 104 valence electrons. The second-order valence-electron chi connectivity index (χ2n) is 3.68. The number of amides is 1. The highest BCUT2D eigenvalue weighted by Crippen LogP contribution is 2.26. The number of hydrogen-bond donors (Lipinski definition) is 2. The Bertz CT molecular complexity index is 670. The van der Waals surface area contributed by atoms with Crippen molar-refractivity contribution in [2.24, 2.45) is 0 Å². The fourth-order valence-electron chi connectivity index (χ4n) is 1.48. The molecule has 2 rings (SSSR count). The van der Waals surface area contributed by atoms with Gasteiger partial charge in [0.2, 0.25) is 0 Å². The third-order valence-corrected chi connectivity index (χ3v) is 3.17. The zero-order chi connectivity index (χ0) is 14.7. The molecule has 1 aromatic heterocycles. The average molecular weight is 341 g/mol. The number of H-pyrrole nitrogens is 1. The minimum Gasteiger partial charge on any atom is -0.497 e. The molecule has 20 heavy (non-hydrogen) atoms. The number of carbonyl (C=O) groups is 1. The number of carbonyl (C=O) groups excluding carboxylic acids is 1. The van der Waals surface area contributed by atoms with E-state index in [2.05, 4.69) is 31.4 Å². The van der Waals surface area contributed by atoms with Crippen molar-refractivity contribution in [1.29, 1.82) is 0 Å². The van der Waals surface area contributed by atoms with E-state index in [0.717, 1.165) is 0 Å². The van der Waals surface area contributed by atoms with Gasteiger partial charge >= 0.3 is 5.82 Å². The number of methoxy groups -OCH3 is 1. The molecule has 2 N–H and O–H groups in total. The summed E-state index contributed by atoms with van der Waals surface area (Å²) in [5.41, 5.74) is 0.395. The molecule has 0 atom stereocenters. The number of nitrogens with zero attached hydrogens (tertiary/aromatic N) is 2. The number of aromatic nitrogens is 2. The van der Waals surface area contributed by atoms with E-state index in [-0.39, 0.29) is 16.0 Å². The van der Waals surface area contributed by atoms with Crippen LogP contribution in [0.1, 0.15) is 10.5 Å². The predicted octanol–water partition coefficient (Wildman–Crippen LogP) is 2.34. The van der Waals surface area contributed by atoms with Crippen molar-refractivity contribution in [3.63, 3.8) is 0 Å². The molecule has 9 heteroatoms. The zero-order valence-corrected chi connectivity index (χ0v) is 11.8. The smallest absolute Gasteiger partial charge is 0.357 e. The van der Waals surface area contributed by atoms with E-state index in [1.807, 2.05) is 0 Å². The van der Waals surface area contributed by atoms with E-state index in [0.29, 0.717) is 11.4 Å². The second kappa shape index (κ2) is 5.70. The molecule has 0 radical (unpaired) electrons. The van der Waals surface area contributed by atoms with Gasteiger partial charge in [-0.15, -0.1) is 5.10 Å². The van der Waals surface area contributed by atoms with Gasteiger partial charge in [-0.2, -0.15) is 0 Å². The molecule has 0 bridgehead atoms. The molecule has 0 aliphatic rings. The van der Waals surface area contributed by atoms with Gasteiger partial charge in [0.25, 0.3) is 5.91 Å². The highest BCUT2D eigenvalue weighted by Gasteiger charge is 2.24. The fraction of sp³-hybridized carbons (Fsp3) is 0.0909. The summed E-state index contributed by atoms with van der Waals surface area (Å²) in [6, 6.07) is 6.71. The lowest BCUT2D eigenvalue weighted by molar-refractivity contribution is -0.390. The molecule has 1 aromatic carbocycles. The minimum absolute atomic E-state index is 0.00268. The first kappa shape index (κ1) is 14.0. The maximum atomic E-state index is 12.0. The van der Waals surface area contributed by atoms with Crippen molar-refractivity contribution in [3.05, 3.63) is 44.5 Å². The molecule has 0 spiro atoms. The molecular weight excluding hydrogens is 332 g/mol. The summed E-state index contributed by atoms with van der Waals surface area (Å²) < 4.78 is 5.03. The van der Waals surface area contributed by atoms with Gasteiger partial charge in [0.15, 0.2) is 5.69 Å². The first-order chi connectivity index (χ1) is 9.52. The molecule has 1 heterocycles. The van der Waals surface area contributed by atoms with Gasteiger partial charge in [0, 0.05) is 11.8 Å². The van der Waals surface area contributed by atoms with Crippen LogP contribution in [0.5, 0.6) is 5.75 Å². The Balaban J connectivity index is 2.22. The maximum Gasteiger partial charge on any atom is 0.357 e. The first-order valence-corrected chi connectivity index (χ1v) is 6.16. The summed E-state index contributed by atoms with van der Waals surface area (Å²) in [5.74, 6) is -0.370. The number of aromatic amines is 1. The number of ether oxygens (including phenoxy) is 1. The van der Waals surface area contributed by atoms with Gasteiger partial charge in [0.05, 0.1) is 7.11 Å². The van der Waals surface area contributed by atoms with Gasteiger partial charge in [-0.05, 0) is 33.0 Å².